The first kappa shape index (κ1) is 16.1. The number of ether oxygens (including phenoxy) is 1. The minimum absolute atomic E-state index is 0.117. The van der Waals surface area contributed by atoms with Crippen LogP contribution >= 0.6 is 0 Å². The lowest BCUT2D eigenvalue weighted by Crippen LogP contribution is -2.44. The Morgan fingerprint density at radius 2 is 1.67 bits per heavy atom. The molecule has 0 radical (unpaired) electrons. The van der Waals surface area contributed by atoms with Gasteiger partial charge >= 0.3 is 6.09 Å². The van der Waals surface area contributed by atoms with Gasteiger partial charge in [-0.2, -0.15) is 0 Å². The van der Waals surface area contributed by atoms with Gasteiger partial charge in [0.05, 0.1) is 6.04 Å². The fraction of sp³-hybridized carbons (Fsp3) is 0.875. The minimum atomic E-state index is -0.477. The topological polar surface area (TPSA) is 49.9 Å². The molecule has 2 atom stereocenters. The molecular weight excluding hydrogens is 268 g/mol. The zero-order chi connectivity index (χ0) is 16.0. The molecule has 5 nitrogen and oxygen atoms in total. The van der Waals surface area contributed by atoms with Gasteiger partial charge in [0.2, 0.25) is 5.91 Å². The number of fused-ring (bicyclic) bond motifs is 1. The normalized spacial score (nSPS) is 26.0. The SMILES string of the molecule is CC(C)(C)OC(=O)N1CCC2CN(C(=O)C(C)(C)C)CC21. The highest BCUT2D eigenvalue weighted by Crippen LogP contribution is 2.34. The summed E-state index contributed by atoms with van der Waals surface area (Å²) in [5, 5.41) is 0. The molecule has 21 heavy (non-hydrogen) atoms. The Labute approximate surface area is 127 Å². The average molecular weight is 296 g/mol. The Balaban J connectivity index is 2.02. The van der Waals surface area contributed by atoms with E-state index in [4.69, 9.17) is 4.74 Å². The number of rotatable bonds is 0. The number of hydrogen-bond acceptors (Lipinski definition) is 3. The van der Waals surface area contributed by atoms with Crippen molar-refractivity contribution in [1.29, 1.82) is 0 Å². The summed E-state index contributed by atoms with van der Waals surface area (Å²) in [6, 6.07) is 0.117. The van der Waals surface area contributed by atoms with E-state index in [-0.39, 0.29) is 23.5 Å². The van der Waals surface area contributed by atoms with Gasteiger partial charge < -0.3 is 14.5 Å². The van der Waals surface area contributed by atoms with Gasteiger partial charge in [0, 0.05) is 31.0 Å². The molecule has 2 rings (SSSR count). The van der Waals surface area contributed by atoms with Crippen molar-refractivity contribution in [2.45, 2.75) is 59.6 Å². The van der Waals surface area contributed by atoms with Crippen LogP contribution in [-0.4, -0.2) is 53.1 Å². The van der Waals surface area contributed by atoms with Crippen LogP contribution in [0, 0.1) is 11.3 Å². The molecule has 0 aromatic rings. The highest BCUT2D eigenvalue weighted by atomic mass is 16.6. The second-order valence-corrected chi connectivity index (χ2v) is 8.25. The summed E-state index contributed by atoms with van der Waals surface area (Å²) in [6.07, 6.45) is 0.706. The summed E-state index contributed by atoms with van der Waals surface area (Å²) >= 11 is 0. The molecule has 0 aromatic heterocycles. The maximum absolute atomic E-state index is 12.4. The number of amides is 2. The highest BCUT2D eigenvalue weighted by molar-refractivity contribution is 5.82. The molecule has 0 saturated carbocycles. The van der Waals surface area contributed by atoms with Gasteiger partial charge in [0.25, 0.3) is 0 Å². The molecule has 0 aliphatic carbocycles. The number of nitrogens with zero attached hydrogens (tertiary/aromatic N) is 2. The van der Waals surface area contributed by atoms with Crippen molar-refractivity contribution in [3.63, 3.8) is 0 Å². The summed E-state index contributed by atoms with van der Waals surface area (Å²) in [6.45, 7) is 13.6. The Kier molecular flexibility index (Phi) is 3.98. The molecule has 2 amide bonds. The van der Waals surface area contributed by atoms with Gasteiger partial charge in [-0.1, -0.05) is 20.8 Å². The van der Waals surface area contributed by atoms with Crippen LogP contribution in [0.1, 0.15) is 48.0 Å². The molecular formula is C16H28N2O3. The number of likely N-dealkylation sites (tertiary alicyclic amines) is 2. The summed E-state index contributed by atoms with van der Waals surface area (Å²) in [7, 11) is 0. The zero-order valence-electron chi connectivity index (χ0n) is 14.1. The van der Waals surface area contributed by atoms with E-state index in [1.165, 1.54) is 0 Å². The van der Waals surface area contributed by atoms with Gasteiger partial charge in [0.1, 0.15) is 5.60 Å². The van der Waals surface area contributed by atoms with Crippen LogP contribution in [0.15, 0.2) is 0 Å². The van der Waals surface area contributed by atoms with Crippen molar-refractivity contribution in [2.24, 2.45) is 11.3 Å². The van der Waals surface area contributed by atoms with Crippen molar-refractivity contribution < 1.29 is 14.3 Å². The van der Waals surface area contributed by atoms with Crippen molar-refractivity contribution in [3.05, 3.63) is 0 Å². The summed E-state index contributed by atoms with van der Waals surface area (Å²) in [5.74, 6) is 0.560. The van der Waals surface area contributed by atoms with E-state index in [0.29, 0.717) is 12.5 Å². The van der Waals surface area contributed by atoms with Crippen LogP contribution in [0.25, 0.3) is 0 Å². The molecule has 0 N–H and O–H groups in total. The smallest absolute Gasteiger partial charge is 0.410 e. The Morgan fingerprint density at radius 3 is 2.19 bits per heavy atom. The molecule has 2 aliphatic heterocycles. The van der Waals surface area contributed by atoms with Gasteiger partial charge in [-0.3, -0.25) is 4.79 Å². The van der Waals surface area contributed by atoms with Crippen molar-refractivity contribution >= 4 is 12.0 Å². The lowest BCUT2D eigenvalue weighted by molar-refractivity contribution is -0.138. The van der Waals surface area contributed by atoms with Crippen LogP contribution in [0.2, 0.25) is 0 Å². The Bertz CT molecular complexity index is 434. The lowest BCUT2D eigenvalue weighted by Gasteiger charge is -2.30. The maximum atomic E-state index is 12.4. The molecule has 2 aliphatic rings. The third-order valence-electron chi connectivity index (χ3n) is 4.10. The molecule has 0 spiro atoms. The Morgan fingerprint density at radius 1 is 1.05 bits per heavy atom. The van der Waals surface area contributed by atoms with E-state index in [1.807, 2.05) is 51.3 Å². The first-order valence-electron chi connectivity index (χ1n) is 7.78. The van der Waals surface area contributed by atoms with Crippen LogP contribution in [0.5, 0.6) is 0 Å². The average Bonchev–Trinajstić information content (AvgIpc) is 2.82. The zero-order valence-corrected chi connectivity index (χ0v) is 14.1. The van der Waals surface area contributed by atoms with Gasteiger partial charge in [0.15, 0.2) is 0 Å². The Hall–Kier alpha value is -1.26. The molecule has 0 aromatic carbocycles. The molecule has 2 fully saturated rings. The van der Waals surface area contributed by atoms with E-state index in [2.05, 4.69) is 0 Å². The van der Waals surface area contributed by atoms with Gasteiger partial charge in [-0.15, -0.1) is 0 Å². The third kappa shape index (κ3) is 3.50. The fourth-order valence-electron chi connectivity index (χ4n) is 3.15. The summed E-state index contributed by atoms with van der Waals surface area (Å²) < 4.78 is 5.48. The number of hydrogen-bond donors (Lipinski definition) is 0. The number of carbonyl (C=O) groups is 2. The number of carbonyl (C=O) groups excluding carboxylic acids is 2. The summed E-state index contributed by atoms with van der Waals surface area (Å²) in [4.78, 5) is 28.4. The first-order valence-corrected chi connectivity index (χ1v) is 7.78. The minimum Gasteiger partial charge on any atom is -0.444 e. The van der Waals surface area contributed by atoms with E-state index >= 15 is 0 Å². The quantitative estimate of drug-likeness (QED) is 0.690. The first-order chi connectivity index (χ1) is 9.49. The van der Waals surface area contributed by atoms with Crippen LogP contribution < -0.4 is 0 Å². The molecule has 120 valence electrons. The van der Waals surface area contributed by atoms with Crippen molar-refractivity contribution in [2.75, 3.05) is 19.6 Å². The molecule has 2 unspecified atom stereocenters. The van der Waals surface area contributed by atoms with E-state index in [1.54, 1.807) is 0 Å². The second kappa shape index (κ2) is 5.18. The lowest BCUT2D eigenvalue weighted by atomic mass is 9.95. The van der Waals surface area contributed by atoms with E-state index < -0.39 is 5.60 Å². The monoisotopic (exact) mass is 296 g/mol. The maximum Gasteiger partial charge on any atom is 0.410 e. The molecule has 2 heterocycles. The molecule has 5 heteroatoms. The van der Waals surface area contributed by atoms with Gasteiger partial charge in [-0.05, 0) is 27.2 Å². The predicted molar refractivity (Wildman–Crippen MR) is 80.9 cm³/mol. The predicted octanol–water partition coefficient (Wildman–Crippen LogP) is 2.50. The van der Waals surface area contributed by atoms with Crippen LogP contribution in [0.4, 0.5) is 4.79 Å². The standard InChI is InChI=1S/C16H28N2O3/c1-15(2,3)13(19)17-9-11-7-8-18(12(11)10-17)14(20)21-16(4,5)6/h11-12H,7-10H2,1-6H3. The van der Waals surface area contributed by atoms with Crippen LogP contribution in [-0.2, 0) is 9.53 Å². The van der Waals surface area contributed by atoms with Crippen LogP contribution in [0.3, 0.4) is 0 Å². The van der Waals surface area contributed by atoms with Crippen molar-refractivity contribution in [1.82, 2.24) is 9.80 Å². The largest absolute Gasteiger partial charge is 0.444 e. The van der Waals surface area contributed by atoms with Crippen molar-refractivity contribution in [3.8, 4) is 0 Å². The van der Waals surface area contributed by atoms with Gasteiger partial charge in [-0.25, -0.2) is 4.79 Å². The second-order valence-electron chi connectivity index (χ2n) is 8.25. The summed E-state index contributed by atoms with van der Waals surface area (Å²) in [5.41, 5.74) is -0.843. The molecule has 0 bridgehead atoms. The fourth-order valence-corrected chi connectivity index (χ4v) is 3.15. The molecule has 2 saturated heterocycles. The highest BCUT2D eigenvalue weighted by Gasteiger charge is 2.47. The third-order valence-corrected chi connectivity index (χ3v) is 4.10. The van der Waals surface area contributed by atoms with E-state index in [9.17, 15) is 9.59 Å². The van der Waals surface area contributed by atoms with E-state index in [0.717, 1.165) is 19.5 Å².